The summed E-state index contributed by atoms with van der Waals surface area (Å²) >= 11 is 3.46. The number of carbonyl (C=O) groups excluding carboxylic acids is 1. The first-order chi connectivity index (χ1) is 8.66. The Bertz CT molecular complexity index is 647. The monoisotopic (exact) mass is 302 g/mol. The molecule has 0 radical (unpaired) electrons. The maximum Gasteiger partial charge on any atom is 0.197 e. The number of aryl methyl sites for hydroxylation is 1. The zero-order chi connectivity index (χ0) is 12.7. The van der Waals surface area contributed by atoms with Crippen LogP contribution in [0.15, 0.2) is 40.9 Å². The van der Waals surface area contributed by atoms with Gasteiger partial charge >= 0.3 is 0 Å². The summed E-state index contributed by atoms with van der Waals surface area (Å²) in [5.41, 5.74) is 3.33. The van der Waals surface area contributed by atoms with Crippen LogP contribution in [0.4, 0.5) is 0 Å². The van der Waals surface area contributed by atoms with Crippen LogP contribution in [0, 0.1) is 6.92 Å². The van der Waals surface area contributed by atoms with E-state index in [4.69, 9.17) is 4.74 Å². The molecule has 0 N–H and O–H groups in total. The van der Waals surface area contributed by atoms with Crippen molar-refractivity contribution in [1.82, 2.24) is 0 Å². The molecule has 3 rings (SSSR count). The van der Waals surface area contributed by atoms with Crippen molar-refractivity contribution in [2.45, 2.75) is 13.5 Å². The third-order valence-corrected chi connectivity index (χ3v) is 3.66. The molecular formula is C15H11BrO2. The van der Waals surface area contributed by atoms with Gasteiger partial charge in [0.15, 0.2) is 5.78 Å². The number of benzene rings is 2. The Balaban J connectivity index is 2.25. The normalized spacial score (nSPS) is 13.3. The average molecular weight is 303 g/mol. The third-order valence-electron chi connectivity index (χ3n) is 3.07. The first kappa shape index (κ1) is 11.5. The molecule has 1 heterocycles. The Kier molecular flexibility index (Phi) is 2.71. The molecule has 1 aliphatic rings. The fourth-order valence-electron chi connectivity index (χ4n) is 2.21. The molecule has 3 heteroatoms. The molecule has 0 saturated heterocycles. The van der Waals surface area contributed by atoms with Crippen LogP contribution in [0.5, 0.6) is 5.75 Å². The van der Waals surface area contributed by atoms with Gasteiger partial charge in [-0.3, -0.25) is 4.79 Å². The second kappa shape index (κ2) is 4.25. The lowest BCUT2D eigenvalue weighted by atomic mass is 9.98. The molecule has 2 aromatic carbocycles. The number of fused-ring (bicyclic) bond motifs is 2. The van der Waals surface area contributed by atoms with Crippen LogP contribution >= 0.6 is 15.9 Å². The Hall–Kier alpha value is -1.61. The number of rotatable bonds is 0. The Labute approximate surface area is 114 Å². The molecule has 0 bridgehead atoms. The summed E-state index contributed by atoms with van der Waals surface area (Å²) in [5, 5.41) is 0. The summed E-state index contributed by atoms with van der Waals surface area (Å²) in [4.78, 5) is 12.5. The average Bonchev–Trinajstić information content (AvgIpc) is 2.49. The SMILES string of the molecule is Cc1cc(Br)c2c(c1)C(=O)c1ccccc1CO2. The molecule has 0 atom stereocenters. The summed E-state index contributed by atoms with van der Waals surface area (Å²) < 4.78 is 6.60. The number of ether oxygens (including phenoxy) is 1. The Morgan fingerprint density at radius 3 is 2.78 bits per heavy atom. The fourth-order valence-corrected chi connectivity index (χ4v) is 2.90. The number of halogens is 1. The molecule has 0 aromatic heterocycles. The summed E-state index contributed by atoms with van der Waals surface area (Å²) in [6.45, 7) is 2.39. The van der Waals surface area contributed by atoms with Crippen molar-refractivity contribution in [3.63, 3.8) is 0 Å². The molecule has 0 amide bonds. The van der Waals surface area contributed by atoms with Crippen molar-refractivity contribution < 1.29 is 9.53 Å². The molecule has 18 heavy (non-hydrogen) atoms. The molecule has 0 aliphatic carbocycles. The van der Waals surface area contributed by atoms with Crippen LogP contribution in [-0.2, 0) is 6.61 Å². The first-order valence-electron chi connectivity index (χ1n) is 5.72. The standard InChI is InChI=1S/C15H11BrO2/c1-9-6-12-14(17)11-5-3-2-4-10(11)8-18-15(12)13(16)7-9/h2-7H,8H2,1H3. The van der Waals surface area contributed by atoms with Crippen LogP contribution in [0.3, 0.4) is 0 Å². The van der Waals surface area contributed by atoms with Gasteiger partial charge in [0.2, 0.25) is 0 Å². The van der Waals surface area contributed by atoms with Crippen LogP contribution < -0.4 is 4.74 Å². The topological polar surface area (TPSA) is 26.3 Å². The number of ketones is 1. The van der Waals surface area contributed by atoms with Gasteiger partial charge in [-0.15, -0.1) is 0 Å². The molecule has 0 fully saturated rings. The highest BCUT2D eigenvalue weighted by Crippen LogP contribution is 2.35. The highest BCUT2D eigenvalue weighted by atomic mass is 79.9. The van der Waals surface area contributed by atoms with Gasteiger partial charge in [-0.25, -0.2) is 0 Å². The largest absolute Gasteiger partial charge is 0.487 e. The van der Waals surface area contributed by atoms with E-state index in [2.05, 4.69) is 15.9 Å². The minimum atomic E-state index is 0.0301. The highest BCUT2D eigenvalue weighted by Gasteiger charge is 2.23. The van der Waals surface area contributed by atoms with E-state index >= 15 is 0 Å². The van der Waals surface area contributed by atoms with Crippen LogP contribution in [-0.4, -0.2) is 5.78 Å². The predicted octanol–water partition coefficient (Wildman–Crippen LogP) is 3.88. The lowest BCUT2D eigenvalue weighted by Crippen LogP contribution is -2.02. The van der Waals surface area contributed by atoms with Crippen molar-refractivity contribution in [2.24, 2.45) is 0 Å². The smallest absolute Gasteiger partial charge is 0.197 e. The summed E-state index contributed by atoms with van der Waals surface area (Å²) in [5.74, 6) is 0.671. The predicted molar refractivity (Wildman–Crippen MR) is 73.1 cm³/mol. The van der Waals surface area contributed by atoms with Crippen molar-refractivity contribution in [3.8, 4) is 5.75 Å². The van der Waals surface area contributed by atoms with Crippen molar-refractivity contribution in [3.05, 3.63) is 63.1 Å². The van der Waals surface area contributed by atoms with Crippen molar-refractivity contribution >= 4 is 21.7 Å². The minimum Gasteiger partial charge on any atom is -0.487 e. The maximum absolute atomic E-state index is 12.5. The highest BCUT2D eigenvalue weighted by molar-refractivity contribution is 9.10. The zero-order valence-corrected chi connectivity index (χ0v) is 11.5. The molecular weight excluding hydrogens is 292 g/mol. The second-order valence-electron chi connectivity index (χ2n) is 4.40. The molecule has 1 aliphatic heterocycles. The maximum atomic E-state index is 12.5. The van der Waals surface area contributed by atoms with Gasteiger partial charge in [0.1, 0.15) is 12.4 Å². The van der Waals surface area contributed by atoms with Gasteiger partial charge in [0.25, 0.3) is 0 Å². The molecule has 0 saturated carbocycles. The zero-order valence-electron chi connectivity index (χ0n) is 9.87. The van der Waals surface area contributed by atoms with Gasteiger partial charge < -0.3 is 4.74 Å². The van der Waals surface area contributed by atoms with E-state index in [1.54, 1.807) is 0 Å². The van der Waals surface area contributed by atoms with Crippen molar-refractivity contribution in [2.75, 3.05) is 0 Å². The Morgan fingerprint density at radius 2 is 1.94 bits per heavy atom. The molecule has 2 aromatic rings. The van der Waals surface area contributed by atoms with Crippen LogP contribution in [0.2, 0.25) is 0 Å². The Morgan fingerprint density at radius 1 is 1.17 bits per heavy atom. The third kappa shape index (κ3) is 1.75. The van der Waals surface area contributed by atoms with Gasteiger partial charge in [-0.1, -0.05) is 24.3 Å². The summed E-state index contributed by atoms with van der Waals surface area (Å²) in [6, 6.07) is 11.4. The minimum absolute atomic E-state index is 0.0301. The van der Waals surface area contributed by atoms with E-state index in [-0.39, 0.29) is 5.78 Å². The van der Waals surface area contributed by atoms with Crippen molar-refractivity contribution in [1.29, 1.82) is 0 Å². The lowest BCUT2D eigenvalue weighted by Gasteiger charge is -2.09. The van der Waals surface area contributed by atoms with Gasteiger partial charge in [0, 0.05) is 11.1 Å². The van der Waals surface area contributed by atoms with E-state index in [9.17, 15) is 4.79 Å². The summed E-state index contributed by atoms with van der Waals surface area (Å²) in [6.07, 6.45) is 0. The molecule has 2 nitrogen and oxygen atoms in total. The van der Waals surface area contributed by atoms with Crippen LogP contribution in [0.25, 0.3) is 0 Å². The van der Waals surface area contributed by atoms with Gasteiger partial charge in [0.05, 0.1) is 10.0 Å². The summed E-state index contributed by atoms with van der Waals surface area (Å²) in [7, 11) is 0. The fraction of sp³-hybridized carbons (Fsp3) is 0.133. The number of hydrogen-bond acceptors (Lipinski definition) is 2. The van der Waals surface area contributed by atoms with E-state index in [1.165, 1.54) is 0 Å². The molecule has 0 spiro atoms. The first-order valence-corrected chi connectivity index (χ1v) is 6.51. The number of carbonyl (C=O) groups is 1. The second-order valence-corrected chi connectivity index (χ2v) is 5.25. The van der Waals surface area contributed by atoms with E-state index in [0.717, 1.165) is 21.2 Å². The molecule has 0 unspecified atom stereocenters. The lowest BCUT2D eigenvalue weighted by molar-refractivity contribution is 0.103. The molecule has 90 valence electrons. The van der Waals surface area contributed by atoms with Crippen LogP contribution in [0.1, 0.15) is 27.0 Å². The van der Waals surface area contributed by atoms with E-state index in [1.807, 2.05) is 43.3 Å². The van der Waals surface area contributed by atoms with E-state index < -0.39 is 0 Å². The quantitative estimate of drug-likeness (QED) is 0.738. The van der Waals surface area contributed by atoms with E-state index in [0.29, 0.717) is 17.9 Å². The number of hydrogen-bond donors (Lipinski definition) is 0. The van der Waals surface area contributed by atoms with Gasteiger partial charge in [-0.05, 0) is 40.5 Å². The van der Waals surface area contributed by atoms with Gasteiger partial charge in [-0.2, -0.15) is 0 Å².